The zero-order valence-electron chi connectivity index (χ0n) is 8.33. The summed E-state index contributed by atoms with van der Waals surface area (Å²) in [5, 5.41) is 0.466. The molecule has 0 radical (unpaired) electrons. The molecule has 0 heterocycles. The molecule has 3 heteroatoms. The molecule has 14 heavy (non-hydrogen) atoms. The van der Waals surface area contributed by atoms with Crippen molar-refractivity contribution in [2.24, 2.45) is 11.7 Å². The van der Waals surface area contributed by atoms with Gasteiger partial charge in [-0.1, -0.05) is 37.6 Å². The number of carbonyl (C=O) groups excluding carboxylic acids is 1. The fourth-order valence-electron chi connectivity index (χ4n) is 1.14. The van der Waals surface area contributed by atoms with Gasteiger partial charge >= 0.3 is 0 Å². The van der Waals surface area contributed by atoms with Crippen LogP contribution in [0.5, 0.6) is 0 Å². The van der Waals surface area contributed by atoms with Crippen LogP contribution in [0, 0.1) is 5.92 Å². The van der Waals surface area contributed by atoms with E-state index < -0.39 is 6.04 Å². The minimum atomic E-state index is -0.477. The van der Waals surface area contributed by atoms with Crippen LogP contribution in [0.1, 0.15) is 24.2 Å². The average molecular weight is 212 g/mol. The second-order valence-corrected chi connectivity index (χ2v) is 4.02. The summed E-state index contributed by atoms with van der Waals surface area (Å²) in [6.07, 6.45) is 0. The molecule has 1 aromatic rings. The lowest BCUT2D eigenvalue weighted by Gasteiger charge is -2.14. The van der Waals surface area contributed by atoms with E-state index in [0.29, 0.717) is 10.6 Å². The molecular weight excluding hydrogens is 198 g/mol. The highest BCUT2D eigenvalue weighted by molar-refractivity contribution is 6.34. The van der Waals surface area contributed by atoms with Crippen LogP contribution in [0.2, 0.25) is 5.02 Å². The van der Waals surface area contributed by atoms with E-state index in [-0.39, 0.29) is 11.7 Å². The number of nitrogens with two attached hydrogens (primary N) is 1. The van der Waals surface area contributed by atoms with Crippen molar-refractivity contribution in [3.8, 4) is 0 Å². The van der Waals surface area contributed by atoms with Gasteiger partial charge in [0, 0.05) is 5.56 Å². The van der Waals surface area contributed by atoms with E-state index in [2.05, 4.69) is 0 Å². The molecule has 2 nitrogen and oxygen atoms in total. The van der Waals surface area contributed by atoms with Crippen molar-refractivity contribution in [2.75, 3.05) is 0 Å². The number of hydrogen-bond donors (Lipinski definition) is 1. The number of rotatable bonds is 3. The van der Waals surface area contributed by atoms with Gasteiger partial charge in [-0.05, 0) is 18.1 Å². The highest BCUT2D eigenvalue weighted by Crippen LogP contribution is 2.18. The van der Waals surface area contributed by atoms with Gasteiger partial charge in [0.15, 0.2) is 5.78 Å². The SMILES string of the molecule is CC(C)C(N)C(=O)c1ccccc1Cl. The van der Waals surface area contributed by atoms with Crippen LogP contribution >= 0.6 is 11.6 Å². The van der Waals surface area contributed by atoms with Gasteiger partial charge in [-0.25, -0.2) is 0 Å². The molecule has 1 unspecified atom stereocenters. The number of ketones is 1. The van der Waals surface area contributed by atoms with Crippen molar-refractivity contribution in [1.82, 2.24) is 0 Å². The molecule has 0 saturated carbocycles. The molecule has 0 aliphatic heterocycles. The zero-order chi connectivity index (χ0) is 10.7. The predicted octanol–water partition coefficient (Wildman–Crippen LogP) is 2.51. The van der Waals surface area contributed by atoms with E-state index >= 15 is 0 Å². The normalized spacial score (nSPS) is 12.9. The van der Waals surface area contributed by atoms with E-state index in [1.54, 1.807) is 24.3 Å². The summed E-state index contributed by atoms with van der Waals surface area (Å²) in [6.45, 7) is 3.83. The Balaban J connectivity index is 2.95. The molecule has 1 atom stereocenters. The number of carbonyl (C=O) groups is 1. The van der Waals surface area contributed by atoms with Gasteiger partial charge < -0.3 is 5.73 Å². The van der Waals surface area contributed by atoms with Crippen molar-refractivity contribution in [2.45, 2.75) is 19.9 Å². The summed E-state index contributed by atoms with van der Waals surface area (Å²) in [7, 11) is 0. The van der Waals surface area contributed by atoms with Crippen LogP contribution in [-0.2, 0) is 0 Å². The fourth-order valence-corrected chi connectivity index (χ4v) is 1.37. The third-order valence-corrected chi connectivity index (χ3v) is 2.49. The molecule has 0 fully saturated rings. The Kier molecular flexibility index (Phi) is 3.67. The number of halogens is 1. The molecule has 1 aromatic carbocycles. The van der Waals surface area contributed by atoms with Crippen LogP contribution in [-0.4, -0.2) is 11.8 Å². The highest BCUT2D eigenvalue weighted by Gasteiger charge is 2.20. The zero-order valence-corrected chi connectivity index (χ0v) is 9.08. The largest absolute Gasteiger partial charge is 0.321 e. The Morgan fingerprint density at radius 3 is 2.43 bits per heavy atom. The Morgan fingerprint density at radius 1 is 1.36 bits per heavy atom. The molecule has 2 N–H and O–H groups in total. The third kappa shape index (κ3) is 2.34. The quantitative estimate of drug-likeness (QED) is 0.781. The van der Waals surface area contributed by atoms with Crippen molar-refractivity contribution in [3.63, 3.8) is 0 Å². The topological polar surface area (TPSA) is 43.1 Å². The van der Waals surface area contributed by atoms with Gasteiger partial charge in [-0.2, -0.15) is 0 Å². The summed E-state index contributed by atoms with van der Waals surface area (Å²) < 4.78 is 0. The summed E-state index contributed by atoms with van der Waals surface area (Å²) in [5.74, 6) is 0.0318. The summed E-state index contributed by atoms with van der Waals surface area (Å²) in [6, 6.07) is 6.50. The molecule has 0 spiro atoms. The van der Waals surface area contributed by atoms with Crippen molar-refractivity contribution < 1.29 is 4.79 Å². The first-order valence-electron chi connectivity index (χ1n) is 4.58. The van der Waals surface area contributed by atoms with Gasteiger partial charge in [0.2, 0.25) is 0 Å². The molecule has 0 bridgehead atoms. The summed E-state index contributed by atoms with van der Waals surface area (Å²) in [4.78, 5) is 11.8. The molecule has 0 amide bonds. The van der Waals surface area contributed by atoms with Gasteiger partial charge in [0.25, 0.3) is 0 Å². The van der Waals surface area contributed by atoms with Crippen LogP contribution in [0.4, 0.5) is 0 Å². The lowest BCUT2D eigenvalue weighted by Crippen LogP contribution is -2.35. The molecule has 0 saturated heterocycles. The maximum Gasteiger partial charge on any atom is 0.181 e. The van der Waals surface area contributed by atoms with Crippen LogP contribution in [0.3, 0.4) is 0 Å². The number of benzene rings is 1. The molecule has 76 valence electrons. The lowest BCUT2D eigenvalue weighted by molar-refractivity contribution is 0.0941. The first-order valence-corrected chi connectivity index (χ1v) is 4.96. The monoisotopic (exact) mass is 211 g/mol. The lowest BCUT2D eigenvalue weighted by atomic mass is 9.96. The smallest absolute Gasteiger partial charge is 0.181 e. The second-order valence-electron chi connectivity index (χ2n) is 3.61. The Bertz CT molecular complexity index is 336. The molecule has 0 aliphatic carbocycles. The number of hydrogen-bond acceptors (Lipinski definition) is 2. The third-order valence-electron chi connectivity index (χ3n) is 2.16. The Labute approximate surface area is 89.1 Å². The fraction of sp³-hybridized carbons (Fsp3) is 0.364. The first kappa shape index (κ1) is 11.2. The molecule has 1 rings (SSSR count). The van der Waals surface area contributed by atoms with Crippen molar-refractivity contribution in [1.29, 1.82) is 0 Å². The maximum absolute atomic E-state index is 11.8. The maximum atomic E-state index is 11.8. The predicted molar refractivity (Wildman–Crippen MR) is 58.6 cm³/mol. The van der Waals surface area contributed by atoms with E-state index in [0.717, 1.165) is 0 Å². The molecule has 0 aliphatic rings. The number of Topliss-reactive ketones (excluding diaryl/α,β-unsaturated/α-hetero) is 1. The van der Waals surface area contributed by atoms with Crippen molar-refractivity contribution >= 4 is 17.4 Å². The Morgan fingerprint density at radius 2 is 1.93 bits per heavy atom. The summed E-state index contributed by atoms with van der Waals surface area (Å²) in [5.41, 5.74) is 6.26. The minimum Gasteiger partial charge on any atom is -0.321 e. The minimum absolute atomic E-state index is 0.0920. The first-order chi connectivity index (χ1) is 6.54. The van der Waals surface area contributed by atoms with E-state index in [1.807, 2.05) is 13.8 Å². The van der Waals surface area contributed by atoms with Gasteiger partial charge in [-0.3, -0.25) is 4.79 Å². The second kappa shape index (κ2) is 4.58. The van der Waals surface area contributed by atoms with Gasteiger partial charge in [0.05, 0.1) is 11.1 Å². The molecule has 0 aromatic heterocycles. The van der Waals surface area contributed by atoms with Gasteiger partial charge in [0.1, 0.15) is 0 Å². The van der Waals surface area contributed by atoms with E-state index in [1.165, 1.54) is 0 Å². The molecular formula is C11H14ClNO. The van der Waals surface area contributed by atoms with Crippen molar-refractivity contribution in [3.05, 3.63) is 34.9 Å². The highest BCUT2D eigenvalue weighted by atomic mass is 35.5. The van der Waals surface area contributed by atoms with Crippen LogP contribution in [0.15, 0.2) is 24.3 Å². The van der Waals surface area contributed by atoms with E-state index in [9.17, 15) is 4.79 Å². The van der Waals surface area contributed by atoms with Crippen LogP contribution < -0.4 is 5.73 Å². The summed E-state index contributed by atoms with van der Waals surface area (Å²) >= 11 is 5.89. The van der Waals surface area contributed by atoms with Gasteiger partial charge in [-0.15, -0.1) is 0 Å². The standard InChI is InChI=1S/C11H14ClNO/c1-7(2)10(13)11(14)8-5-3-4-6-9(8)12/h3-7,10H,13H2,1-2H3. The van der Waals surface area contributed by atoms with E-state index in [4.69, 9.17) is 17.3 Å². The average Bonchev–Trinajstić information content (AvgIpc) is 2.16. The van der Waals surface area contributed by atoms with Crippen LogP contribution in [0.25, 0.3) is 0 Å². The Hall–Kier alpha value is -0.860.